The molecule has 0 aliphatic carbocycles. The minimum absolute atomic E-state index is 0.103. The average Bonchev–Trinajstić information content (AvgIpc) is 2.47. The number of anilines is 1. The number of amides is 2. The van der Waals surface area contributed by atoms with Crippen LogP contribution in [0.3, 0.4) is 0 Å². The van der Waals surface area contributed by atoms with E-state index in [1.165, 1.54) is 6.33 Å². The Morgan fingerprint density at radius 2 is 2.23 bits per heavy atom. The van der Waals surface area contributed by atoms with Crippen LogP contribution in [-0.4, -0.2) is 65.6 Å². The van der Waals surface area contributed by atoms with E-state index in [1.54, 1.807) is 13.2 Å². The second-order valence-corrected chi connectivity index (χ2v) is 6.02. The maximum absolute atomic E-state index is 12.6. The van der Waals surface area contributed by atoms with Gasteiger partial charge in [0.2, 0.25) is 0 Å². The molecule has 7 heteroatoms. The van der Waals surface area contributed by atoms with E-state index < -0.39 is 0 Å². The van der Waals surface area contributed by atoms with Crippen molar-refractivity contribution in [1.82, 2.24) is 19.8 Å². The maximum Gasteiger partial charge on any atom is 0.323 e. The van der Waals surface area contributed by atoms with Gasteiger partial charge in [0.1, 0.15) is 12.1 Å². The van der Waals surface area contributed by atoms with Gasteiger partial charge in [0.15, 0.2) is 0 Å². The third-order valence-electron chi connectivity index (χ3n) is 3.90. The van der Waals surface area contributed by atoms with Crippen molar-refractivity contribution < 1.29 is 9.53 Å². The molecule has 1 fully saturated rings. The summed E-state index contributed by atoms with van der Waals surface area (Å²) in [7, 11) is 3.70. The Kier molecular flexibility index (Phi) is 5.68. The molecule has 2 rings (SSSR count). The molecule has 1 N–H and O–H groups in total. The Morgan fingerprint density at radius 1 is 1.45 bits per heavy atom. The monoisotopic (exact) mass is 307 g/mol. The van der Waals surface area contributed by atoms with Gasteiger partial charge in [-0.2, -0.15) is 0 Å². The van der Waals surface area contributed by atoms with E-state index in [9.17, 15) is 4.79 Å². The summed E-state index contributed by atoms with van der Waals surface area (Å²) in [6.45, 7) is 7.19. The lowest BCUT2D eigenvalue weighted by atomic mass is 10.0. The molecule has 0 saturated carbocycles. The van der Waals surface area contributed by atoms with Crippen LogP contribution < -0.4 is 5.32 Å². The van der Waals surface area contributed by atoms with Gasteiger partial charge in [0, 0.05) is 38.9 Å². The Morgan fingerprint density at radius 3 is 2.91 bits per heavy atom. The molecule has 1 atom stereocenters. The van der Waals surface area contributed by atoms with Gasteiger partial charge >= 0.3 is 6.03 Å². The van der Waals surface area contributed by atoms with Crippen LogP contribution in [0.15, 0.2) is 12.4 Å². The third-order valence-corrected chi connectivity index (χ3v) is 3.90. The number of hydrogen-bond donors (Lipinski definition) is 1. The number of hydrogen-bond acceptors (Lipinski definition) is 5. The zero-order chi connectivity index (χ0) is 16.1. The van der Waals surface area contributed by atoms with Gasteiger partial charge in [-0.3, -0.25) is 5.32 Å². The van der Waals surface area contributed by atoms with Gasteiger partial charge in [-0.05, 0) is 13.0 Å². The van der Waals surface area contributed by atoms with Crippen LogP contribution in [-0.2, 0) is 11.3 Å². The first-order chi connectivity index (χ1) is 10.5. The molecule has 7 nitrogen and oxygen atoms in total. The maximum atomic E-state index is 12.6. The average molecular weight is 307 g/mol. The molecule has 1 saturated heterocycles. The van der Waals surface area contributed by atoms with E-state index in [2.05, 4.69) is 41.1 Å². The van der Waals surface area contributed by atoms with Crippen molar-refractivity contribution in [1.29, 1.82) is 0 Å². The van der Waals surface area contributed by atoms with Gasteiger partial charge in [-0.25, -0.2) is 14.8 Å². The summed E-state index contributed by atoms with van der Waals surface area (Å²) < 4.78 is 5.05. The lowest BCUT2D eigenvalue weighted by molar-refractivity contribution is 0.0921. The summed E-state index contributed by atoms with van der Waals surface area (Å²) in [5.74, 6) is 0.913. The molecule has 122 valence electrons. The third kappa shape index (κ3) is 4.14. The van der Waals surface area contributed by atoms with E-state index in [-0.39, 0.29) is 12.1 Å². The first-order valence-electron chi connectivity index (χ1n) is 7.57. The number of methoxy groups -OCH3 is 1. The quantitative estimate of drug-likeness (QED) is 0.911. The highest BCUT2D eigenvalue weighted by Gasteiger charge is 2.31. The van der Waals surface area contributed by atoms with E-state index >= 15 is 0 Å². The molecule has 0 spiro atoms. The molecule has 1 aromatic rings. The molecule has 2 amide bonds. The smallest absolute Gasteiger partial charge is 0.323 e. The normalized spacial score (nSPS) is 19.5. The van der Waals surface area contributed by atoms with Gasteiger partial charge in [0.05, 0.1) is 12.3 Å². The van der Waals surface area contributed by atoms with E-state index in [0.717, 1.165) is 25.3 Å². The Labute approximate surface area is 131 Å². The molecule has 1 unspecified atom stereocenters. The van der Waals surface area contributed by atoms with Crippen LogP contribution in [0.1, 0.15) is 19.5 Å². The zero-order valence-corrected chi connectivity index (χ0v) is 13.7. The fraction of sp³-hybridized carbons (Fsp3) is 0.667. The van der Waals surface area contributed by atoms with Crippen molar-refractivity contribution >= 4 is 11.8 Å². The summed E-state index contributed by atoms with van der Waals surface area (Å²) in [6.07, 6.45) is 1.44. The second-order valence-electron chi connectivity index (χ2n) is 6.02. The van der Waals surface area contributed by atoms with Gasteiger partial charge in [-0.1, -0.05) is 13.8 Å². The Bertz CT molecular complexity index is 508. The van der Waals surface area contributed by atoms with Gasteiger partial charge in [0.25, 0.3) is 0 Å². The molecular formula is C15H25N5O2. The van der Waals surface area contributed by atoms with Crippen molar-refractivity contribution in [2.45, 2.75) is 26.5 Å². The standard InChI is InChI=1S/C15H25N5O2/c1-11(2)13-8-19(3)5-6-20(13)15(21)18-14-7-12(9-22-4)16-10-17-14/h7,10-11,13H,5-6,8-9H2,1-4H3,(H,16,17,18,21). The largest absolute Gasteiger partial charge is 0.378 e. The number of rotatable bonds is 4. The van der Waals surface area contributed by atoms with E-state index in [4.69, 9.17) is 4.74 Å². The van der Waals surface area contributed by atoms with Crippen molar-refractivity contribution in [3.63, 3.8) is 0 Å². The first kappa shape index (κ1) is 16.6. The van der Waals surface area contributed by atoms with Crippen LogP contribution in [0.4, 0.5) is 10.6 Å². The van der Waals surface area contributed by atoms with Crippen LogP contribution in [0, 0.1) is 5.92 Å². The number of carbonyl (C=O) groups is 1. The minimum atomic E-state index is -0.103. The summed E-state index contributed by atoms with van der Waals surface area (Å²) in [5, 5.41) is 2.87. The number of aromatic nitrogens is 2. The highest BCUT2D eigenvalue weighted by molar-refractivity contribution is 5.88. The molecule has 1 aliphatic heterocycles. The number of ether oxygens (including phenoxy) is 1. The molecule has 1 aliphatic rings. The predicted octanol–water partition coefficient (Wildman–Crippen LogP) is 1.43. The SMILES string of the molecule is COCc1cc(NC(=O)N2CCN(C)CC2C(C)C)ncn1. The summed E-state index contributed by atoms with van der Waals surface area (Å²) in [4.78, 5) is 24.9. The number of nitrogens with zero attached hydrogens (tertiary/aromatic N) is 4. The highest BCUT2D eigenvalue weighted by Crippen LogP contribution is 2.18. The fourth-order valence-electron chi connectivity index (χ4n) is 2.65. The van der Waals surface area contributed by atoms with Crippen LogP contribution in [0.2, 0.25) is 0 Å². The predicted molar refractivity (Wildman–Crippen MR) is 84.6 cm³/mol. The van der Waals surface area contributed by atoms with Crippen molar-refractivity contribution in [2.24, 2.45) is 5.92 Å². The number of urea groups is 1. The topological polar surface area (TPSA) is 70.6 Å². The Hall–Kier alpha value is -1.73. The Balaban J connectivity index is 2.05. The number of carbonyl (C=O) groups excluding carboxylic acids is 1. The molecular weight excluding hydrogens is 282 g/mol. The number of likely N-dealkylation sites (N-methyl/N-ethyl adjacent to an activating group) is 1. The lowest BCUT2D eigenvalue weighted by Gasteiger charge is -2.41. The molecule has 0 aromatic carbocycles. The van der Waals surface area contributed by atoms with Crippen LogP contribution in [0.5, 0.6) is 0 Å². The molecule has 1 aromatic heterocycles. The van der Waals surface area contributed by atoms with E-state index in [0.29, 0.717) is 18.3 Å². The van der Waals surface area contributed by atoms with Gasteiger partial charge in [-0.15, -0.1) is 0 Å². The molecule has 0 radical (unpaired) electrons. The number of piperazine rings is 1. The van der Waals surface area contributed by atoms with Crippen LogP contribution in [0.25, 0.3) is 0 Å². The van der Waals surface area contributed by atoms with Crippen molar-refractivity contribution in [3.05, 3.63) is 18.1 Å². The van der Waals surface area contributed by atoms with Crippen molar-refractivity contribution in [3.8, 4) is 0 Å². The lowest BCUT2D eigenvalue weighted by Crippen LogP contribution is -2.57. The summed E-state index contributed by atoms with van der Waals surface area (Å²) >= 11 is 0. The minimum Gasteiger partial charge on any atom is -0.378 e. The van der Waals surface area contributed by atoms with Crippen LogP contribution >= 0.6 is 0 Å². The summed E-state index contributed by atoms with van der Waals surface area (Å²) in [6, 6.07) is 1.84. The van der Waals surface area contributed by atoms with E-state index in [1.807, 2.05) is 4.90 Å². The molecule has 2 heterocycles. The second kappa shape index (κ2) is 7.51. The zero-order valence-electron chi connectivity index (χ0n) is 13.7. The van der Waals surface area contributed by atoms with Gasteiger partial charge < -0.3 is 14.5 Å². The fourth-order valence-corrected chi connectivity index (χ4v) is 2.65. The first-order valence-corrected chi connectivity index (χ1v) is 7.57. The van der Waals surface area contributed by atoms with Crippen molar-refractivity contribution in [2.75, 3.05) is 39.1 Å². The molecule has 0 bridgehead atoms. The summed E-state index contributed by atoms with van der Waals surface area (Å²) in [5.41, 5.74) is 0.742. The highest BCUT2D eigenvalue weighted by atomic mass is 16.5. The molecule has 22 heavy (non-hydrogen) atoms. The number of nitrogens with one attached hydrogen (secondary N) is 1.